The third kappa shape index (κ3) is 4.51. The first-order valence-electron chi connectivity index (χ1n) is 8.71. The van der Waals surface area contributed by atoms with Gasteiger partial charge in [-0.25, -0.2) is 0 Å². The van der Waals surface area contributed by atoms with Gasteiger partial charge in [-0.2, -0.15) is 0 Å². The van der Waals surface area contributed by atoms with Crippen LogP contribution in [-0.4, -0.2) is 39.0 Å². The fourth-order valence-electron chi connectivity index (χ4n) is 3.02. The molecule has 0 N–H and O–H groups in total. The zero-order valence-electron chi connectivity index (χ0n) is 14.5. The van der Waals surface area contributed by atoms with Gasteiger partial charge in [0.05, 0.1) is 23.3 Å². The lowest BCUT2D eigenvalue weighted by Crippen LogP contribution is -2.17. The number of thiophene rings is 1. The van der Waals surface area contributed by atoms with E-state index in [0.717, 1.165) is 39.8 Å². The van der Waals surface area contributed by atoms with Crippen LogP contribution in [0.4, 0.5) is 0 Å². The molecule has 0 amide bonds. The van der Waals surface area contributed by atoms with Crippen LogP contribution < -0.4 is 0 Å². The summed E-state index contributed by atoms with van der Waals surface area (Å²) in [5.41, 5.74) is 0.695. The third-order valence-corrected chi connectivity index (χ3v) is 6.67. The quantitative estimate of drug-likeness (QED) is 0.367. The molecule has 0 unspecified atom stereocenters. The molecule has 1 aromatic carbocycles. The molecule has 140 valence electrons. The van der Waals surface area contributed by atoms with Crippen LogP contribution in [0.5, 0.6) is 0 Å². The van der Waals surface area contributed by atoms with Gasteiger partial charge in [0.1, 0.15) is 0 Å². The number of ether oxygens (including phenoxy) is 1. The summed E-state index contributed by atoms with van der Waals surface area (Å²) in [7, 11) is 0. The number of Topliss-reactive ketones (excluding diaryl/α,β-unsaturated/α-hetero) is 1. The van der Waals surface area contributed by atoms with Gasteiger partial charge >= 0.3 is 0 Å². The van der Waals surface area contributed by atoms with Crippen LogP contribution >= 0.6 is 39.0 Å². The van der Waals surface area contributed by atoms with Crippen molar-refractivity contribution in [2.24, 2.45) is 0 Å². The number of ketones is 1. The number of hydrogen-bond acceptors (Lipinski definition) is 6. The normalized spacial score (nSPS) is 16.7. The molecule has 0 bridgehead atoms. The summed E-state index contributed by atoms with van der Waals surface area (Å²) in [6, 6.07) is 11.5. The Labute approximate surface area is 174 Å². The highest BCUT2D eigenvalue weighted by molar-refractivity contribution is 9.10. The van der Waals surface area contributed by atoms with Gasteiger partial charge in [0.25, 0.3) is 0 Å². The van der Waals surface area contributed by atoms with E-state index in [1.54, 1.807) is 11.3 Å². The van der Waals surface area contributed by atoms with Gasteiger partial charge in [-0.05, 0) is 36.4 Å². The first-order chi connectivity index (χ1) is 13.2. The molecule has 8 heteroatoms. The maximum Gasteiger partial charge on any atom is 0.192 e. The zero-order valence-corrected chi connectivity index (χ0v) is 17.7. The van der Waals surface area contributed by atoms with Crippen LogP contribution in [0.1, 0.15) is 23.2 Å². The van der Waals surface area contributed by atoms with E-state index in [2.05, 4.69) is 30.7 Å². The molecule has 1 aliphatic rings. The topological polar surface area (TPSA) is 57.0 Å². The highest BCUT2D eigenvalue weighted by Gasteiger charge is 2.22. The number of nitrogens with zero attached hydrogens (tertiary/aromatic N) is 3. The van der Waals surface area contributed by atoms with Gasteiger partial charge in [0.2, 0.25) is 0 Å². The van der Waals surface area contributed by atoms with Crippen molar-refractivity contribution in [3.05, 3.63) is 51.8 Å². The maximum absolute atomic E-state index is 12.5. The molecule has 3 heterocycles. The molecule has 0 radical (unpaired) electrons. The lowest BCUT2D eigenvalue weighted by Gasteiger charge is -2.14. The van der Waals surface area contributed by atoms with Crippen LogP contribution in [0.3, 0.4) is 0 Å². The molecule has 1 fully saturated rings. The Bertz CT molecular complexity index is 921. The van der Waals surface area contributed by atoms with Gasteiger partial charge in [-0.15, -0.1) is 21.5 Å². The van der Waals surface area contributed by atoms with E-state index in [1.165, 1.54) is 11.8 Å². The average molecular weight is 464 g/mol. The Hall–Kier alpha value is -1.48. The second-order valence-electron chi connectivity index (χ2n) is 6.25. The molecule has 4 rings (SSSR count). The molecule has 1 atom stereocenters. The summed E-state index contributed by atoms with van der Waals surface area (Å²) in [6.45, 7) is 1.53. The molecule has 1 saturated heterocycles. The maximum atomic E-state index is 12.5. The van der Waals surface area contributed by atoms with Crippen molar-refractivity contribution in [3.8, 4) is 10.7 Å². The van der Waals surface area contributed by atoms with Crippen molar-refractivity contribution < 1.29 is 9.53 Å². The molecule has 0 saturated carbocycles. The smallest absolute Gasteiger partial charge is 0.192 e. The van der Waals surface area contributed by atoms with E-state index in [9.17, 15) is 4.79 Å². The molecule has 0 spiro atoms. The van der Waals surface area contributed by atoms with Crippen LogP contribution in [0.25, 0.3) is 10.7 Å². The van der Waals surface area contributed by atoms with Crippen molar-refractivity contribution in [3.63, 3.8) is 0 Å². The van der Waals surface area contributed by atoms with Crippen molar-refractivity contribution in [1.82, 2.24) is 14.8 Å². The zero-order chi connectivity index (χ0) is 18.6. The number of aromatic nitrogens is 3. The summed E-state index contributed by atoms with van der Waals surface area (Å²) < 4.78 is 8.81. The Morgan fingerprint density at radius 3 is 3.00 bits per heavy atom. The van der Waals surface area contributed by atoms with Crippen LogP contribution in [0.2, 0.25) is 0 Å². The fraction of sp³-hybridized carbons (Fsp3) is 0.316. The SMILES string of the molecule is O=C(CSc1nnc(-c2cccs2)n1C[C@@H]1CCCO1)c1cccc(Br)c1. The summed E-state index contributed by atoms with van der Waals surface area (Å²) in [5.74, 6) is 1.24. The summed E-state index contributed by atoms with van der Waals surface area (Å²) in [4.78, 5) is 13.6. The first kappa shape index (κ1) is 18.9. The minimum absolute atomic E-state index is 0.0747. The molecule has 3 aromatic rings. The van der Waals surface area contributed by atoms with Gasteiger partial charge in [-0.3, -0.25) is 9.36 Å². The standard InChI is InChI=1S/C19H18BrN3O2S2/c20-14-5-1-4-13(10-14)16(24)12-27-19-22-21-18(17-7-3-9-26-17)23(19)11-15-6-2-8-25-15/h1,3-5,7,9-10,15H,2,6,8,11-12H2/t15-/m0/s1. The molecule has 2 aromatic heterocycles. The Morgan fingerprint density at radius 2 is 2.26 bits per heavy atom. The Balaban J connectivity index is 1.53. The van der Waals surface area contributed by atoms with Crippen molar-refractivity contribution in [2.75, 3.05) is 12.4 Å². The lowest BCUT2D eigenvalue weighted by molar-refractivity contribution is 0.0953. The van der Waals surface area contributed by atoms with Crippen molar-refractivity contribution in [2.45, 2.75) is 30.6 Å². The number of carbonyl (C=O) groups excluding carboxylic acids is 1. The van der Waals surface area contributed by atoms with E-state index in [4.69, 9.17) is 4.74 Å². The van der Waals surface area contributed by atoms with Gasteiger partial charge < -0.3 is 4.74 Å². The summed E-state index contributed by atoms with van der Waals surface area (Å²) in [6.07, 6.45) is 2.31. The fourth-order valence-corrected chi connectivity index (χ4v) is 4.97. The van der Waals surface area contributed by atoms with Gasteiger partial charge in [0.15, 0.2) is 16.8 Å². The largest absolute Gasteiger partial charge is 0.376 e. The number of hydrogen-bond donors (Lipinski definition) is 0. The summed E-state index contributed by atoms with van der Waals surface area (Å²) in [5, 5.41) is 11.5. The molecule has 27 heavy (non-hydrogen) atoms. The number of halogens is 1. The van der Waals surface area contributed by atoms with E-state index >= 15 is 0 Å². The second-order valence-corrected chi connectivity index (χ2v) is 9.06. The molecule has 0 aliphatic carbocycles. The van der Waals surface area contributed by atoms with Gasteiger partial charge in [0, 0.05) is 16.6 Å². The number of carbonyl (C=O) groups is 1. The van der Waals surface area contributed by atoms with E-state index in [-0.39, 0.29) is 11.9 Å². The molecular weight excluding hydrogens is 446 g/mol. The Morgan fingerprint density at radius 1 is 1.33 bits per heavy atom. The monoisotopic (exact) mass is 463 g/mol. The first-order valence-corrected chi connectivity index (χ1v) is 11.4. The predicted molar refractivity (Wildman–Crippen MR) is 112 cm³/mol. The average Bonchev–Trinajstić information content (AvgIpc) is 3.42. The van der Waals surface area contributed by atoms with E-state index in [0.29, 0.717) is 17.9 Å². The molecular formula is C19H18BrN3O2S2. The van der Waals surface area contributed by atoms with E-state index in [1.807, 2.05) is 41.8 Å². The third-order valence-electron chi connectivity index (χ3n) is 4.35. The van der Waals surface area contributed by atoms with E-state index < -0.39 is 0 Å². The van der Waals surface area contributed by atoms with Crippen LogP contribution in [-0.2, 0) is 11.3 Å². The summed E-state index contributed by atoms with van der Waals surface area (Å²) >= 11 is 6.48. The number of rotatable bonds is 7. The van der Waals surface area contributed by atoms with Gasteiger partial charge in [-0.1, -0.05) is 45.9 Å². The van der Waals surface area contributed by atoms with Crippen molar-refractivity contribution >= 4 is 44.8 Å². The number of thioether (sulfide) groups is 1. The lowest BCUT2D eigenvalue weighted by atomic mass is 10.2. The highest BCUT2D eigenvalue weighted by Crippen LogP contribution is 2.29. The van der Waals surface area contributed by atoms with Crippen molar-refractivity contribution in [1.29, 1.82) is 0 Å². The highest BCUT2D eigenvalue weighted by atomic mass is 79.9. The number of benzene rings is 1. The predicted octanol–water partition coefficient (Wildman–Crippen LogP) is 4.92. The van der Waals surface area contributed by atoms with Crippen LogP contribution in [0.15, 0.2) is 51.4 Å². The molecule has 1 aliphatic heterocycles. The van der Waals surface area contributed by atoms with Crippen LogP contribution in [0, 0.1) is 0 Å². The second kappa shape index (κ2) is 8.68. The minimum Gasteiger partial charge on any atom is -0.376 e. The molecule has 5 nitrogen and oxygen atoms in total. The minimum atomic E-state index is 0.0747. The Kier molecular flexibility index (Phi) is 6.07.